The highest BCUT2D eigenvalue weighted by atomic mass is 16.5. The van der Waals surface area contributed by atoms with E-state index in [9.17, 15) is 14.4 Å². The number of piperidine rings is 1. The molecule has 2 N–H and O–H groups in total. The Hall–Kier alpha value is -3.33. The maximum Gasteiger partial charge on any atom is 0.313 e. The van der Waals surface area contributed by atoms with E-state index in [2.05, 4.69) is 15.5 Å². The molecule has 3 amide bonds. The van der Waals surface area contributed by atoms with Crippen LogP contribution < -0.4 is 15.4 Å². The zero-order chi connectivity index (χ0) is 23.1. The summed E-state index contributed by atoms with van der Waals surface area (Å²) < 4.78 is 10.8. The van der Waals surface area contributed by atoms with Crippen molar-refractivity contribution in [3.63, 3.8) is 0 Å². The van der Waals surface area contributed by atoms with E-state index in [1.165, 1.54) is 24.5 Å². The van der Waals surface area contributed by atoms with Crippen LogP contribution in [-0.4, -0.2) is 68.4 Å². The van der Waals surface area contributed by atoms with Crippen LogP contribution in [0.1, 0.15) is 41.4 Å². The van der Waals surface area contributed by atoms with Gasteiger partial charge in [-0.25, -0.2) is 0 Å². The third-order valence-electron chi connectivity index (χ3n) is 5.47. The van der Waals surface area contributed by atoms with Crippen molar-refractivity contribution in [1.29, 1.82) is 0 Å². The van der Waals surface area contributed by atoms with Gasteiger partial charge in [0.15, 0.2) is 0 Å². The molecule has 2 heterocycles. The normalized spacial score (nSPS) is 15.0. The number of hydrogen-bond donors (Lipinski definition) is 2. The molecule has 1 aliphatic rings. The molecule has 9 nitrogen and oxygen atoms in total. The lowest BCUT2D eigenvalue weighted by Gasteiger charge is -2.33. The van der Waals surface area contributed by atoms with Gasteiger partial charge in [-0.15, -0.1) is 0 Å². The number of ether oxygens (including phenoxy) is 1. The highest BCUT2D eigenvalue weighted by Gasteiger charge is 2.26. The molecule has 2 aromatic rings. The SMILES string of the molecule is COc1ccc(C(=O)N(C)C)cc1NC(=O)C(=O)NCC(c1ccco1)N1CCCCC1. The average Bonchev–Trinajstić information content (AvgIpc) is 3.33. The summed E-state index contributed by atoms with van der Waals surface area (Å²) in [6, 6.07) is 8.22. The molecule has 0 saturated carbocycles. The van der Waals surface area contributed by atoms with E-state index in [1.54, 1.807) is 32.5 Å². The third kappa shape index (κ3) is 5.67. The van der Waals surface area contributed by atoms with Crippen LogP contribution in [0, 0.1) is 0 Å². The fraction of sp³-hybridized carbons (Fsp3) is 0.435. The Labute approximate surface area is 187 Å². The Morgan fingerprint density at radius 1 is 1.12 bits per heavy atom. The van der Waals surface area contributed by atoms with E-state index in [4.69, 9.17) is 9.15 Å². The van der Waals surface area contributed by atoms with Gasteiger partial charge in [0.05, 0.1) is 25.1 Å². The molecule has 1 unspecified atom stereocenters. The summed E-state index contributed by atoms with van der Waals surface area (Å²) in [7, 11) is 4.72. The summed E-state index contributed by atoms with van der Waals surface area (Å²) in [5, 5.41) is 5.26. The van der Waals surface area contributed by atoms with Crippen molar-refractivity contribution < 1.29 is 23.5 Å². The molecule has 3 rings (SSSR count). The second-order valence-electron chi connectivity index (χ2n) is 7.91. The standard InChI is InChI=1S/C23H30N4O5/c1-26(2)23(30)16-9-10-19(31-3)17(14-16)25-22(29)21(28)24-15-18(20-8-7-13-32-20)27-11-5-4-6-12-27/h7-10,13-14,18H,4-6,11-12,15H2,1-3H3,(H,24,28)(H,25,29). The summed E-state index contributed by atoms with van der Waals surface area (Å²) in [6.07, 6.45) is 4.98. The Morgan fingerprint density at radius 3 is 2.50 bits per heavy atom. The van der Waals surface area contributed by atoms with E-state index in [1.807, 2.05) is 12.1 Å². The molecule has 1 aromatic carbocycles. The highest BCUT2D eigenvalue weighted by molar-refractivity contribution is 6.39. The molecule has 0 spiro atoms. The van der Waals surface area contributed by atoms with Gasteiger partial charge in [0.25, 0.3) is 5.91 Å². The van der Waals surface area contributed by atoms with Crippen molar-refractivity contribution in [2.45, 2.75) is 25.3 Å². The molecule has 32 heavy (non-hydrogen) atoms. The first-order valence-corrected chi connectivity index (χ1v) is 10.7. The summed E-state index contributed by atoms with van der Waals surface area (Å²) in [5.41, 5.74) is 0.619. The first-order valence-electron chi connectivity index (χ1n) is 10.7. The smallest absolute Gasteiger partial charge is 0.313 e. The average molecular weight is 443 g/mol. The second kappa shape index (κ2) is 10.8. The van der Waals surface area contributed by atoms with Crippen LogP contribution in [0.25, 0.3) is 0 Å². The molecule has 0 radical (unpaired) electrons. The maximum absolute atomic E-state index is 12.6. The van der Waals surface area contributed by atoms with Crippen LogP contribution in [0.2, 0.25) is 0 Å². The van der Waals surface area contributed by atoms with E-state index >= 15 is 0 Å². The molecule has 0 bridgehead atoms. The molecule has 0 aliphatic carbocycles. The quantitative estimate of drug-likeness (QED) is 0.638. The monoisotopic (exact) mass is 442 g/mol. The first kappa shape index (κ1) is 23.3. The van der Waals surface area contributed by atoms with Gasteiger partial charge < -0.3 is 24.7 Å². The minimum Gasteiger partial charge on any atom is -0.495 e. The number of methoxy groups -OCH3 is 1. The molecule has 1 atom stereocenters. The van der Waals surface area contributed by atoms with Gasteiger partial charge in [-0.05, 0) is 56.3 Å². The Balaban J connectivity index is 1.67. The summed E-state index contributed by atoms with van der Waals surface area (Å²) in [5.74, 6) is -0.734. The zero-order valence-corrected chi connectivity index (χ0v) is 18.7. The van der Waals surface area contributed by atoms with Crippen LogP contribution in [-0.2, 0) is 9.59 Å². The minimum absolute atomic E-state index is 0.141. The molecule has 1 aromatic heterocycles. The number of nitrogens with zero attached hydrogens (tertiary/aromatic N) is 2. The lowest BCUT2D eigenvalue weighted by atomic mass is 10.1. The van der Waals surface area contributed by atoms with Crippen molar-refractivity contribution in [1.82, 2.24) is 15.1 Å². The molecule has 172 valence electrons. The van der Waals surface area contributed by atoms with E-state index in [-0.39, 0.29) is 24.2 Å². The van der Waals surface area contributed by atoms with Gasteiger partial charge in [-0.2, -0.15) is 0 Å². The van der Waals surface area contributed by atoms with Gasteiger partial charge in [-0.1, -0.05) is 6.42 Å². The third-order valence-corrected chi connectivity index (χ3v) is 5.47. The second-order valence-corrected chi connectivity index (χ2v) is 7.91. The highest BCUT2D eigenvalue weighted by Crippen LogP contribution is 2.26. The van der Waals surface area contributed by atoms with Gasteiger partial charge in [0, 0.05) is 26.2 Å². The number of anilines is 1. The first-order chi connectivity index (χ1) is 15.4. The predicted octanol–water partition coefficient (Wildman–Crippen LogP) is 2.27. The van der Waals surface area contributed by atoms with Crippen LogP contribution >= 0.6 is 0 Å². The van der Waals surface area contributed by atoms with E-state index in [0.29, 0.717) is 11.3 Å². The Kier molecular flexibility index (Phi) is 7.88. The molecule has 9 heteroatoms. The number of hydrogen-bond acceptors (Lipinski definition) is 6. The molecule has 1 saturated heterocycles. The predicted molar refractivity (Wildman–Crippen MR) is 120 cm³/mol. The number of furan rings is 1. The fourth-order valence-electron chi connectivity index (χ4n) is 3.77. The number of nitrogens with one attached hydrogen (secondary N) is 2. The Morgan fingerprint density at radius 2 is 1.88 bits per heavy atom. The lowest BCUT2D eigenvalue weighted by Crippen LogP contribution is -2.43. The van der Waals surface area contributed by atoms with Gasteiger partial charge in [0.1, 0.15) is 11.5 Å². The topological polar surface area (TPSA) is 104 Å². The minimum atomic E-state index is -0.838. The van der Waals surface area contributed by atoms with Crippen molar-refractivity contribution in [2.24, 2.45) is 0 Å². The van der Waals surface area contributed by atoms with Crippen molar-refractivity contribution in [3.8, 4) is 5.75 Å². The lowest BCUT2D eigenvalue weighted by molar-refractivity contribution is -0.136. The molecular weight excluding hydrogens is 412 g/mol. The van der Waals surface area contributed by atoms with Crippen LogP contribution in [0.15, 0.2) is 41.0 Å². The number of carbonyl (C=O) groups is 3. The largest absolute Gasteiger partial charge is 0.495 e. The number of benzene rings is 1. The maximum atomic E-state index is 12.6. The number of rotatable bonds is 7. The molecule has 1 fully saturated rings. The van der Waals surface area contributed by atoms with E-state index < -0.39 is 11.8 Å². The number of likely N-dealkylation sites (tertiary alicyclic amines) is 1. The zero-order valence-electron chi connectivity index (χ0n) is 18.7. The molecule has 1 aliphatic heterocycles. The number of carbonyl (C=O) groups excluding carboxylic acids is 3. The molecular formula is C23H30N4O5. The van der Waals surface area contributed by atoms with Crippen molar-refractivity contribution >= 4 is 23.4 Å². The fourth-order valence-corrected chi connectivity index (χ4v) is 3.77. The summed E-state index contributed by atoms with van der Waals surface area (Å²) >= 11 is 0. The van der Waals surface area contributed by atoms with Crippen LogP contribution in [0.4, 0.5) is 5.69 Å². The van der Waals surface area contributed by atoms with Gasteiger partial charge in [-0.3, -0.25) is 19.3 Å². The van der Waals surface area contributed by atoms with Gasteiger partial charge >= 0.3 is 11.8 Å². The summed E-state index contributed by atoms with van der Waals surface area (Å²) in [4.78, 5) is 41.0. The van der Waals surface area contributed by atoms with Crippen molar-refractivity contribution in [3.05, 3.63) is 47.9 Å². The van der Waals surface area contributed by atoms with Crippen LogP contribution in [0.3, 0.4) is 0 Å². The summed E-state index contributed by atoms with van der Waals surface area (Å²) in [6.45, 7) is 2.07. The van der Waals surface area contributed by atoms with Crippen LogP contribution in [0.5, 0.6) is 5.75 Å². The number of amides is 3. The Bertz CT molecular complexity index is 936. The van der Waals surface area contributed by atoms with Gasteiger partial charge in [0.2, 0.25) is 0 Å². The van der Waals surface area contributed by atoms with E-state index in [0.717, 1.165) is 31.7 Å². The van der Waals surface area contributed by atoms with Crippen molar-refractivity contribution in [2.75, 3.05) is 46.2 Å².